The summed E-state index contributed by atoms with van der Waals surface area (Å²) >= 11 is 0. The zero-order valence-electron chi connectivity index (χ0n) is 15.1. The van der Waals surface area contributed by atoms with Crippen molar-refractivity contribution < 1.29 is 19.8 Å². The van der Waals surface area contributed by atoms with E-state index in [0.29, 0.717) is 6.42 Å². The number of hydrogen-bond donors (Lipinski definition) is 2. The lowest BCUT2D eigenvalue weighted by Crippen LogP contribution is -1.93. The second kappa shape index (κ2) is 18.2. The number of allylic oxidation sites excluding steroid dienone is 8. The van der Waals surface area contributed by atoms with E-state index in [1.807, 2.05) is 6.08 Å². The first-order valence-electron chi connectivity index (χ1n) is 9.16. The predicted octanol–water partition coefficient (Wildman–Crippen LogP) is 5.67. The maximum Gasteiger partial charge on any atom is 0.303 e. The number of rotatable bonds is 16. The summed E-state index contributed by atoms with van der Waals surface area (Å²) in [4.78, 5) is 20.7. The predicted molar refractivity (Wildman–Crippen MR) is 103 cm³/mol. The third-order valence-electron chi connectivity index (χ3n) is 3.51. The molecule has 0 aromatic heterocycles. The zero-order valence-corrected chi connectivity index (χ0v) is 15.1. The molecule has 0 aromatic carbocycles. The Bertz CT molecular complexity index is 459. The molecule has 0 spiro atoms. The van der Waals surface area contributed by atoms with Crippen LogP contribution in [-0.4, -0.2) is 22.2 Å². The van der Waals surface area contributed by atoms with Crippen LogP contribution < -0.4 is 0 Å². The van der Waals surface area contributed by atoms with E-state index in [9.17, 15) is 9.59 Å². The van der Waals surface area contributed by atoms with Crippen LogP contribution in [0.15, 0.2) is 48.6 Å². The Balaban J connectivity index is 3.41. The molecule has 0 heterocycles. The fraction of sp³-hybridized carbons (Fsp3) is 0.524. The van der Waals surface area contributed by atoms with Gasteiger partial charge in [0.1, 0.15) is 0 Å². The first-order valence-corrected chi connectivity index (χ1v) is 9.16. The molecule has 0 rings (SSSR count). The van der Waals surface area contributed by atoms with Crippen LogP contribution in [0.5, 0.6) is 0 Å². The van der Waals surface area contributed by atoms with E-state index in [1.165, 1.54) is 0 Å². The molecule has 0 amide bonds. The van der Waals surface area contributed by atoms with E-state index >= 15 is 0 Å². The van der Waals surface area contributed by atoms with Crippen LogP contribution in [0.2, 0.25) is 0 Å². The molecule has 0 bridgehead atoms. The Kier molecular flexibility index (Phi) is 16.7. The highest BCUT2D eigenvalue weighted by atomic mass is 16.4. The molecule has 0 aliphatic carbocycles. The Labute approximate surface area is 151 Å². The number of carboxylic acids is 2. The third-order valence-corrected chi connectivity index (χ3v) is 3.51. The van der Waals surface area contributed by atoms with Crippen molar-refractivity contribution >= 4 is 11.9 Å². The molecule has 0 aliphatic rings. The molecule has 2 N–H and O–H groups in total. The van der Waals surface area contributed by atoms with Crippen LogP contribution in [0.25, 0.3) is 0 Å². The third kappa shape index (κ3) is 21.9. The van der Waals surface area contributed by atoms with E-state index in [4.69, 9.17) is 10.2 Å². The lowest BCUT2D eigenvalue weighted by Gasteiger charge is -1.94. The van der Waals surface area contributed by atoms with Crippen molar-refractivity contribution in [2.45, 2.75) is 70.6 Å². The van der Waals surface area contributed by atoms with Crippen molar-refractivity contribution in [2.24, 2.45) is 0 Å². The fourth-order valence-electron chi connectivity index (χ4n) is 2.14. The Morgan fingerprint density at radius 2 is 0.920 bits per heavy atom. The number of unbranched alkanes of at least 4 members (excludes halogenated alkanes) is 4. The summed E-state index contributed by atoms with van der Waals surface area (Å²) in [5.74, 6) is -1.44. The van der Waals surface area contributed by atoms with Gasteiger partial charge in [0.05, 0.1) is 0 Å². The van der Waals surface area contributed by atoms with Crippen molar-refractivity contribution in [3.05, 3.63) is 48.6 Å². The van der Waals surface area contributed by atoms with Gasteiger partial charge in [-0.2, -0.15) is 0 Å². The average Bonchev–Trinajstić information content (AvgIpc) is 2.56. The molecule has 25 heavy (non-hydrogen) atoms. The largest absolute Gasteiger partial charge is 0.481 e. The SMILES string of the molecule is O=C(O)CCCC=CCC=CCC=CCC=CCCCCCC(=O)O. The molecule has 0 atom stereocenters. The molecular weight excluding hydrogens is 316 g/mol. The van der Waals surface area contributed by atoms with Crippen LogP contribution in [0.4, 0.5) is 0 Å². The summed E-state index contributed by atoms with van der Waals surface area (Å²) < 4.78 is 0. The van der Waals surface area contributed by atoms with Crippen molar-refractivity contribution in [2.75, 3.05) is 0 Å². The van der Waals surface area contributed by atoms with Crippen LogP contribution in [0.1, 0.15) is 70.6 Å². The second-order valence-electron chi connectivity index (χ2n) is 5.87. The van der Waals surface area contributed by atoms with Crippen LogP contribution in [0, 0.1) is 0 Å². The minimum absolute atomic E-state index is 0.240. The van der Waals surface area contributed by atoms with Gasteiger partial charge >= 0.3 is 11.9 Å². The van der Waals surface area contributed by atoms with Crippen molar-refractivity contribution in [1.82, 2.24) is 0 Å². The van der Waals surface area contributed by atoms with Gasteiger partial charge in [-0.15, -0.1) is 0 Å². The minimum atomic E-state index is -0.731. The fourth-order valence-corrected chi connectivity index (χ4v) is 2.14. The number of carboxylic acid groups (broad SMARTS) is 2. The van der Waals surface area contributed by atoms with E-state index in [2.05, 4.69) is 42.5 Å². The lowest BCUT2D eigenvalue weighted by molar-refractivity contribution is -0.138. The monoisotopic (exact) mass is 348 g/mol. The Morgan fingerprint density at radius 1 is 0.520 bits per heavy atom. The molecule has 0 saturated heterocycles. The van der Waals surface area contributed by atoms with Crippen LogP contribution in [-0.2, 0) is 9.59 Å². The van der Waals surface area contributed by atoms with E-state index in [1.54, 1.807) is 0 Å². The van der Waals surface area contributed by atoms with Gasteiger partial charge in [-0.3, -0.25) is 9.59 Å². The Morgan fingerprint density at radius 3 is 1.40 bits per heavy atom. The smallest absolute Gasteiger partial charge is 0.303 e. The molecule has 0 unspecified atom stereocenters. The molecule has 4 heteroatoms. The van der Waals surface area contributed by atoms with Gasteiger partial charge in [0.15, 0.2) is 0 Å². The minimum Gasteiger partial charge on any atom is -0.481 e. The van der Waals surface area contributed by atoms with Crippen LogP contribution >= 0.6 is 0 Å². The second-order valence-corrected chi connectivity index (χ2v) is 5.87. The molecule has 140 valence electrons. The normalized spacial score (nSPS) is 12.2. The lowest BCUT2D eigenvalue weighted by atomic mass is 10.1. The van der Waals surface area contributed by atoms with Crippen molar-refractivity contribution in [1.29, 1.82) is 0 Å². The summed E-state index contributed by atoms with van der Waals surface area (Å²) in [5, 5.41) is 17.0. The summed E-state index contributed by atoms with van der Waals surface area (Å²) in [7, 11) is 0. The summed E-state index contributed by atoms with van der Waals surface area (Å²) in [5.41, 5.74) is 0. The van der Waals surface area contributed by atoms with Gasteiger partial charge in [-0.05, 0) is 51.4 Å². The van der Waals surface area contributed by atoms with Gasteiger partial charge in [0.2, 0.25) is 0 Å². The highest BCUT2D eigenvalue weighted by Crippen LogP contribution is 2.04. The van der Waals surface area contributed by atoms with Gasteiger partial charge in [0, 0.05) is 12.8 Å². The summed E-state index contributed by atoms with van der Waals surface area (Å²) in [6.07, 6.45) is 25.6. The quantitative estimate of drug-likeness (QED) is 0.278. The van der Waals surface area contributed by atoms with E-state index < -0.39 is 11.9 Å². The topological polar surface area (TPSA) is 74.6 Å². The molecule has 4 nitrogen and oxygen atoms in total. The number of aliphatic carboxylic acids is 2. The Hall–Kier alpha value is -2.10. The molecular formula is C21H32O4. The highest BCUT2D eigenvalue weighted by Gasteiger charge is 1.94. The van der Waals surface area contributed by atoms with Crippen molar-refractivity contribution in [3.63, 3.8) is 0 Å². The molecule has 0 aromatic rings. The van der Waals surface area contributed by atoms with Gasteiger partial charge in [-0.1, -0.05) is 55.0 Å². The van der Waals surface area contributed by atoms with E-state index in [-0.39, 0.29) is 12.8 Å². The summed E-state index contributed by atoms with van der Waals surface area (Å²) in [6, 6.07) is 0. The standard InChI is InChI=1S/C21H32O4/c22-20(23)18-16-14-12-10-8-6-4-2-1-3-5-7-9-11-13-15-17-19-21(24)25/h1-2,5-8,11,13H,3-4,9-10,12,14-19H2,(H,22,23)(H,24,25). The molecule has 0 saturated carbocycles. The number of hydrogen-bond acceptors (Lipinski definition) is 2. The van der Waals surface area contributed by atoms with Crippen LogP contribution in [0.3, 0.4) is 0 Å². The van der Waals surface area contributed by atoms with E-state index in [0.717, 1.165) is 51.4 Å². The first kappa shape index (κ1) is 22.9. The van der Waals surface area contributed by atoms with Gasteiger partial charge in [0.25, 0.3) is 0 Å². The number of carbonyl (C=O) groups is 2. The zero-order chi connectivity index (χ0) is 18.6. The van der Waals surface area contributed by atoms with Crippen molar-refractivity contribution in [3.8, 4) is 0 Å². The molecule has 0 fully saturated rings. The maximum atomic E-state index is 10.3. The van der Waals surface area contributed by atoms with Gasteiger partial charge in [-0.25, -0.2) is 0 Å². The highest BCUT2D eigenvalue weighted by molar-refractivity contribution is 5.66. The molecule has 0 aliphatic heterocycles. The van der Waals surface area contributed by atoms with Gasteiger partial charge < -0.3 is 10.2 Å². The average molecular weight is 348 g/mol. The summed E-state index contributed by atoms with van der Waals surface area (Å²) in [6.45, 7) is 0. The first-order chi connectivity index (χ1) is 12.1. The molecule has 0 radical (unpaired) electrons. The maximum absolute atomic E-state index is 10.3.